The van der Waals surface area contributed by atoms with Crippen molar-refractivity contribution < 1.29 is 18.4 Å². The molecule has 1 aliphatic heterocycles. The first kappa shape index (κ1) is 20.7. The average molecular weight is 438 g/mol. The minimum absolute atomic E-state index is 0.112. The fourth-order valence-electron chi connectivity index (χ4n) is 3.75. The second kappa shape index (κ2) is 7.94. The van der Waals surface area contributed by atoms with E-state index in [0.29, 0.717) is 25.2 Å². The number of anilines is 1. The van der Waals surface area contributed by atoms with Crippen molar-refractivity contribution in [2.24, 2.45) is 11.8 Å². The molecule has 0 radical (unpaired) electrons. The molecule has 2 aliphatic rings. The number of hydrogen-bond donors (Lipinski definition) is 0. The molecule has 4 rings (SSSR count). The standard InChI is InChI=1S/C20H22ClF2N5O2/c1-2-27(16-12-28(25-18(16)21)15-4-3-7-24-9-15)17(29)6-5-13-10-26(19(13)30)11-14-8-20(14,22)23/h3-4,7,9,12-14H,2,5-6,8,10-11H2,1H3. The van der Waals surface area contributed by atoms with Crippen LogP contribution in [0.25, 0.3) is 5.69 Å². The minimum atomic E-state index is -2.62. The fraction of sp³-hybridized carbons (Fsp3) is 0.500. The summed E-state index contributed by atoms with van der Waals surface area (Å²) >= 11 is 6.26. The summed E-state index contributed by atoms with van der Waals surface area (Å²) in [5.41, 5.74) is 1.21. The predicted molar refractivity (Wildman–Crippen MR) is 107 cm³/mol. The SMILES string of the molecule is CCN(C(=O)CCC1CN(CC2CC2(F)F)C1=O)c1cn(-c2cccnc2)nc1Cl. The van der Waals surface area contributed by atoms with Gasteiger partial charge in [-0.1, -0.05) is 11.6 Å². The number of hydrogen-bond acceptors (Lipinski definition) is 4. The van der Waals surface area contributed by atoms with Crippen molar-refractivity contribution in [3.63, 3.8) is 0 Å². The van der Waals surface area contributed by atoms with E-state index in [0.717, 1.165) is 5.69 Å². The van der Waals surface area contributed by atoms with Crippen LogP contribution in [0.2, 0.25) is 5.15 Å². The second-order valence-corrected chi connectivity index (χ2v) is 8.10. The molecule has 2 amide bonds. The van der Waals surface area contributed by atoms with Crippen molar-refractivity contribution in [1.82, 2.24) is 19.7 Å². The van der Waals surface area contributed by atoms with Gasteiger partial charge in [-0.3, -0.25) is 14.6 Å². The van der Waals surface area contributed by atoms with Crippen molar-refractivity contribution in [2.75, 3.05) is 24.5 Å². The largest absolute Gasteiger partial charge is 0.341 e. The van der Waals surface area contributed by atoms with Gasteiger partial charge in [0.15, 0.2) is 5.15 Å². The highest BCUT2D eigenvalue weighted by Gasteiger charge is 2.58. The van der Waals surface area contributed by atoms with Gasteiger partial charge in [0.1, 0.15) is 5.69 Å². The normalized spacial score (nSPS) is 22.0. The molecule has 3 heterocycles. The van der Waals surface area contributed by atoms with Crippen molar-refractivity contribution in [1.29, 1.82) is 0 Å². The Kier molecular flexibility index (Phi) is 5.48. The molecule has 10 heteroatoms. The van der Waals surface area contributed by atoms with Crippen LogP contribution in [0.15, 0.2) is 30.7 Å². The number of rotatable bonds is 8. The Morgan fingerprint density at radius 3 is 2.80 bits per heavy atom. The molecule has 2 unspecified atom stereocenters. The number of amides is 2. The van der Waals surface area contributed by atoms with Crippen LogP contribution in [0.1, 0.15) is 26.2 Å². The van der Waals surface area contributed by atoms with Crippen LogP contribution in [-0.4, -0.2) is 57.0 Å². The molecule has 0 N–H and O–H groups in total. The summed E-state index contributed by atoms with van der Waals surface area (Å²) in [5.74, 6) is -3.92. The Labute approximate surface area is 177 Å². The summed E-state index contributed by atoms with van der Waals surface area (Å²) in [4.78, 5) is 32.0. The van der Waals surface area contributed by atoms with Gasteiger partial charge in [-0.2, -0.15) is 5.10 Å². The molecule has 30 heavy (non-hydrogen) atoms. The van der Waals surface area contributed by atoms with E-state index in [9.17, 15) is 18.4 Å². The number of β-lactam (4-membered cyclic amide) rings is 1. The average Bonchev–Trinajstić information content (AvgIpc) is 3.15. The lowest BCUT2D eigenvalue weighted by Gasteiger charge is -2.38. The third-order valence-electron chi connectivity index (χ3n) is 5.67. The number of halogens is 3. The van der Waals surface area contributed by atoms with E-state index in [-0.39, 0.29) is 42.3 Å². The van der Waals surface area contributed by atoms with E-state index in [2.05, 4.69) is 10.1 Å². The van der Waals surface area contributed by atoms with Gasteiger partial charge in [0, 0.05) is 44.6 Å². The highest BCUT2D eigenvalue weighted by atomic mass is 35.5. The molecule has 2 aromatic rings. The maximum Gasteiger partial charge on any atom is 0.253 e. The van der Waals surface area contributed by atoms with Gasteiger partial charge in [0.2, 0.25) is 11.8 Å². The summed E-state index contributed by atoms with van der Waals surface area (Å²) < 4.78 is 27.6. The van der Waals surface area contributed by atoms with E-state index >= 15 is 0 Å². The topological polar surface area (TPSA) is 71.3 Å². The summed E-state index contributed by atoms with van der Waals surface area (Å²) in [6.45, 7) is 2.78. The first-order valence-corrected chi connectivity index (χ1v) is 10.3. The molecule has 0 spiro atoms. The smallest absolute Gasteiger partial charge is 0.253 e. The molecule has 160 valence electrons. The molecule has 1 aliphatic carbocycles. The van der Waals surface area contributed by atoms with Gasteiger partial charge < -0.3 is 9.80 Å². The lowest BCUT2D eigenvalue weighted by Crippen LogP contribution is -2.53. The zero-order valence-corrected chi connectivity index (χ0v) is 17.2. The number of likely N-dealkylation sites (tertiary alicyclic amines) is 1. The van der Waals surface area contributed by atoms with E-state index < -0.39 is 11.8 Å². The zero-order valence-electron chi connectivity index (χ0n) is 16.5. The van der Waals surface area contributed by atoms with Crippen LogP contribution in [0.5, 0.6) is 0 Å². The second-order valence-electron chi connectivity index (χ2n) is 7.74. The van der Waals surface area contributed by atoms with Gasteiger partial charge in [0.05, 0.1) is 24.0 Å². The quantitative estimate of drug-likeness (QED) is 0.595. The third kappa shape index (κ3) is 4.03. The van der Waals surface area contributed by atoms with Gasteiger partial charge in [-0.15, -0.1) is 0 Å². The van der Waals surface area contributed by atoms with Crippen molar-refractivity contribution in [2.45, 2.75) is 32.1 Å². The third-order valence-corrected chi connectivity index (χ3v) is 5.94. The van der Waals surface area contributed by atoms with Crippen molar-refractivity contribution in [3.05, 3.63) is 35.9 Å². The van der Waals surface area contributed by atoms with E-state index in [4.69, 9.17) is 11.6 Å². The van der Waals surface area contributed by atoms with Crippen molar-refractivity contribution >= 4 is 29.1 Å². The molecule has 7 nitrogen and oxygen atoms in total. The zero-order chi connectivity index (χ0) is 21.5. The Balaban J connectivity index is 1.33. The number of aromatic nitrogens is 3. The number of pyridine rings is 1. The Bertz CT molecular complexity index is 952. The first-order valence-electron chi connectivity index (χ1n) is 9.92. The minimum Gasteiger partial charge on any atom is -0.341 e. The molecule has 0 aromatic carbocycles. The monoisotopic (exact) mass is 437 g/mol. The number of nitrogens with zero attached hydrogens (tertiary/aromatic N) is 5. The number of carbonyl (C=O) groups excluding carboxylic acids is 2. The Morgan fingerprint density at radius 2 is 2.20 bits per heavy atom. The maximum atomic E-state index is 13.0. The summed E-state index contributed by atoms with van der Waals surface area (Å²) in [6, 6.07) is 3.60. The molecule has 2 fully saturated rings. The maximum absolute atomic E-state index is 13.0. The molecular weight excluding hydrogens is 416 g/mol. The Hall–Kier alpha value is -2.55. The Morgan fingerprint density at radius 1 is 1.43 bits per heavy atom. The summed E-state index contributed by atoms with van der Waals surface area (Å²) in [7, 11) is 0. The van der Waals surface area contributed by atoms with Crippen LogP contribution in [0.4, 0.5) is 14.5 Å². The summed E-state index contributed by atoms with van der Waals surface area (Å²) in [6.07, 6.45) is 5.38. The molecule has 0 bridgehead atoms. The number of carbonyl (C=O) groups is 2. The van der Waals surface area contributed by atoms with Gasteiger partial charge >= 0.3 is 0 Å². The molecule has 1 saturated heterocycles. The van der Waals surface area contributed by atoms with E-state index in [1.54, 1.807) is 29.3 Å². The lowest BCUT2D eigenvalue weighted by atomic mass is 9.92. The van der Waals surface area contributed by atoms with Gasteiger partial charge in [0.25, 0.3) is 5.92 Å². The number of alkyl halides is 2. The van der Waals surface area contributed by atoms with E-state index in [1.807, 2.05) is 13.0 Å². The highest BCUT2D eigenvalue weighted by Crippen LogP contribution is 2.49. The van der Waals surface area contributed by atoms with E-state index in [1.165, 1.54) is 9.80 Å². The van der Waals surface area contributed by atoms with Gasteiger partial charge in [-0.05, 0) is 25.5 Å². The predicted octanol–water partition coefficient (Wildman–Crippen LogP) is 3.17. The van der Waals surface area contributed by atoms with Crippen LogP contribution in [0, 0.1) is 11.8 Å². The van der Waals surface area contributed by atoms with Crippen LogP contribution in [0.3, 0.4) is 0 Å². The molecular formula is C20H22ClF2N5O2. The van der Waals surface area contributed by atoms with Gasteiger partial charge in [-0.25, -0.2) is 13.5 Å². The fourth-order valence-corrected chi connectivity index (χ4v) is 3.99. The summed E-state index contributed by atoms with van der Waals surface area (Å²) in [5, 5.41) is 4.45. The highest BCUT2D eigenvalue weighted by molar-refractivity contribution is 6.32. The first-order chi connectivity index (χ1) is 14.3. The lowest BCUT2D eigenvalue weighted by molar-refractivity contribution is -0.149. The molecule has 1 saturated carbocycles. The van der Waals surface area contributed by atoms with Crippen LogP contribution < -0.4 is 4.90 Å². The van der Waals surface area contributed by atoms with Crippen LogP contribution >= 0.6 is 11.6 Å². The molecule has 2 atom stereocenters. The van der Waals surface area contributed by atoms with Crippen LogP contribution in [-0.2, 0) is 9.59 Å². The molecule has 2 aromatic heterocycles. The van der Waals surface area contributed by atoms with Crippen molar-refractivity contribution in [3.8, 4) is 5.69 Å².